The molecule has 0 radical (unpaired) electrons. The van der Waals surface area contributed by atoms with Gasteiger partial charge in [0.15, 0.2) is 11.5 Å². The molecule has 25 heavy (non-hydrogen) atoms. The van der Waals surface area contributed by atoms with Crippen molar-refractivity contribution in [1.82, 2.24) is 10.5 Å². The number of hydrogen-bond acceptors (Lipinski definition) is 5. The van der Waals surface area contributed by atoms with Crippen LogP contribution >= 0.6 is 0 Å². The lowest BCUT2D eigenvalue weighted by atomic mass is 10.1. The van der Waals surface area contributed by atoms with E-state index >= 15 is 0 Å². The van der Waals surface area contributed by atoms with Gasteiger partial charge in [0.1, 0.15) is 0 Å². The minimum absolute atomic E-state index is 0.191. The summed E-state index contributed by atoms with van der Waals surface area (Å²) < 4.78 is 16.5. The normalized spacial score (nSPS) is 14.9. The minimum atomic E-state index is -0.276. The van der Waals surface area contributed by atoms with E-state index < -0.39 is 0 Å². The molecule has 1 amide bonds. The highest BCUT2D eigenvalue weighted by molar-refractivity contribution is 5.91. The van der Waals surface area contributed by atoms with Crippen molar-refractivity contribution in [2.24, 2.45) is 5.92 Å². The van der Waals surface area contributed by atoms with Crippen LogP contribution in [0.5, 0.6) is 11.5 Å². The first-order valence-electron chi connectivity index (χ1n) is 8.69. The number of aromatic nitrogens is 1. The maximum absolute atomic E-state index is 12.4. The van der Waals surface area contributed by atoms with Crippen molar-refractivity contribution in [3.63, 3.8) is 0 Å². The van der Waals surface area contributed by atoms with Gasteiger partial charge >= 0.3 is 0 Å². The van der Waals surface area contributed by atoms with Crippen molar-refractivity contribution in [2.45, 2.75) is 39.7 Å². The lowest BCUT2D eigenvalue weighted by molar-refractivity contribution is 0.0902. The van der Waals surface area contributed by atoms with Crippen LogP contribution in [0, 0.1) is 5.92 Å². The topological polar surface area (TPSA) is 73.6 Å². The smallest absolute Gasteiger partial charge is 0.290 e. The van der Waals surface area contributed by atoms with Crippen LogP contribution in [-0.4, -0.2) is 24.3 Å². The molecule has 0 aliphatic carbocycles. The molecule has 1 aromatic heterocycles. The third kappa shape index (κ3) is 4.32. The van der Waals surface area contributed by atoms with Crippen LogP contribution in [0.25, 0.3) is 0 Å². The van der Waals surface area contributed by atoms with E-state index in [9.17, 15) is 4.79 Å². The van der Waals surface area contributed by atoms with Gasteiger partial charge in [0.05, 0.1) is 24.9 Å². The fourth-order valence-corrected chi connectivity index (χ4v) is 2.73. The lowest BCUT2D eigenvalue weighted by Gasteiger charge is -2.15. The molecular weight excluding hydrogens is 320 g/mol. The zero-order valence-corrected chi connectivity index (χ0v) is 14.9. The predicted octanol–water partition coefficient (Wildman–Crippen LogP) is 3.53. The summed E-state index contributed by atoms with van der Waals surface area (Å²) in [4.78, 5) is 12.4. The van der Waals surface area contributed by atoms with Crippen molar-refractivity contribution in [1.29, 1.82) is 0 Å². The number of carbonyl (C=O) groups excluding carboxylic acids is 1. The number of rotatable bonds is 5. The van der Waals surface area contributed by atoms with Crippen molar-refractivity contribution in [3.8, 4) is 11.5 Å². The van der Waals surface area contributed by atoms with E-state index in [1.807, 2.05) is 25.1 Å². The molecule has 134 valence electrons. The summed E-state index contributed by atoms with van der Waals surface area (Å²) in [7, 11) is 0. The van der Waals surface area contributed by atoms with E-state index in [0.29, 0.717) is 19.1 Å². The van der Waals surface area contributed by atoms with Crippen LogP contribution < -0.4 is 14.8 Å². The molecule has 6 nitrogen and oxygen atoms in total. The summed E-state index contributed by atoms with van der Waals surface area (Å²) in [5.41, 5.74) is 1.74. The second kappa shape index (κ2) is 7.59. The molecule has 0 fully saturated rings. The molecule has 0 unspecified atom stereocenters. The molecule has 0 bridgehead atoms. The summed E-state index contributed by atoms with van der Waals surface area (Å²) in [6.45, 7) is 7.40. The third-order valence-corrected chi connectivity index (χ3v) is 4.02. The second-order valence-electron chi connectivity index (χ2n) is 6.73. The summed E-state index contributed by atoms with van der Waals surface area (Å²) in [5, 5.41) is 6.89. The van der Waals surface area contributed by atoms with E-state index in [-0.39, 0.29) is 17.7 Å². The monoisotopic (exact) mass is 344 g/mol. The van der Waals surface area contributed by atoms with Gasteiger partial charge in [-0.15, -0.1) is 0 Å². The Hall–Kier alpha value is -2.50. The fraction of sp³-hybridized carbons (Fsp3) is 0.474. The van der Waals surface area contributed by atoms with E-state index in [2.05, 4.69) is 24.3 Å². The van der Waals surface area contributed by atoms with Gasteiger partial charge in [0, 0.05) is 12.5 Å². The molecule has 3 rings (SSSR count). The lowest BCUT2D eigenvalue weighted by Crippen LogP contribution is -2.26. The minimum Gasteiger partial charge on any atom is -0.490 e. The van der Waals surface area contributed by atoms with E-state index in [1.165, 1.54) is 0 Å². The van der Waals surface area contributed by atoms with Crippen LogP contribution in [0.2, 0.25) is 0 Å². The molecule has 1 aromatic carbocycles. The summed E-state index contributed by atoms with van der Waals surface area (Å²) in [5.74, 6) is 1.88. The van der Waals surface area contributed by atoms with Crippen LogP contribution in [-0.2, 0) is 6.42 Å². The number of benzene rings is 1. The van der Waals surface area contributed by atoms with E-state index in [0.717, 1.165) is 35.6 Å². The summed E-state index contributed by atoms with van der Waals surface area (Å²) in [6, 6.07) is 7.24. The van der Waals surface area contributed by atoms with Gasteiger partial charge < -0.3 is 19.3 Å². The first kappa shape index (κ1) is 17.3. The molecule has 0 saturated heterocycles. The van der Waals surface area contributed by atoms with Crippen molar-refractivity contribution >= 4 is 5.91 Å². The standard InChI is InChI=1S/C19H24N2O4/c1-12(2)9-15-11-18(25-21-15)19(22)20-13(3)14-5-6-16-17(10-14)24-8-4-7-23-16/h5-6,10-13H,4,7-9H2,1-3H3,(H,20,22)/t13-/m1/s1. The van der Waals surface area contributed by atoms with Crippen LogP contribution in [0.3, 0.4) is 0 Å². The van der Waals surface area contributed by atoms with Crippen LogP contribution in [0.15, 0.2) is 28.8 Å². The number of carbonyl (C=O) groups is 1. The van der Waals surface area contributed by atoms with Crippen LogP contribution in [0.4, 0.5) is 0 Å². The highest BCUT2D eigenvalue weighted by Gasteiger charge is 2.18. The highest BCUT2D eigenvalue weighted by Crippen LogP contribution is 2.32. The number of ether oxygens (including phenoxy) is 2. The average molecular weight is 344 g/mol. The molecule has 1 atom stereocenters. The molecule has 0 saturated carbocycles. The summed E-state index contributed by atoms with van der Waals surface area (Å²) >= 11 is 0. The number of fused-ring (bicyclic) bond motifs is 1. The van der Waals surface area contributed by atoms with Crippen molar-refractivity contribution in [2.75, 3.05) is 13.2 Å². The van der Waals surface area contributed by atoms with E-state index in [4.69, 9.17) is 14.0 Å². The quantitative estimate of drug-likeness (QED) is 0.898. The number of nitrogens with zero attached hydrogens (tertiary/aromatic N) is 1. The Kier molecular flexibility index (Phi) is 5.26. The molecule has 1 aliphatic heterocycles. The Morgan fingerprint density at radius 2 is 1.92 bits per heavy atom. The zero-order valence-electron chi connectivity index (χ0n) is 14.9. The van der Waals surface area contributed by atoms with Crippen molar-refractivity contribution < 1.29 is 18.8 Å². The Morgan fingerprint density at radius 3 is 2.68 bits per heavy atom. The zero-order chi connectivity index (χ0) is 17.8. The Labute approximate surface area is 147 Å². The molecular formula is C19H24N2O4. The molecule has 1 aliphatic rings. The molecule has 6 heteroatoms. The van der Waals surface area contributed by atoms with Gasteiger partial charge in [-0.25, -0.2) is 0 Å². The van der Waals surface area contributed by atoms with Gasteiger partial charge in [-0.2, -0.15) is 0 Å². The number of amides is 1. The predicted molar refractivity (Wildman–Crippen MR) is 93.0 cm³/mol. The number of nitrogens with one attached hydrogen (secondary N) is 1. The first-order valence-corrected chi connectivity index (χ1v) is 8.69. The SMILES string of the molecule is CC(C)Cc1cc(C(=O)N[C@H](C)c2ccc3c(c2)OCCCO3)on1. The third-order valence-electron chi connectivity index (χ3n) is 4.02. The maximum atomic E-state index is 12.4. The fourth-order valence-electron chi connectivity index (χ4n) is 2.73. The molecule has 1 N–H and O–H groups in total. The second-order valence-corrected chi connectivity index (χ2v) is 6.73. The van der Waals surface area contributed by atoms with Gasteiger partial charge in [0.2, 0.25) is 5.76 Å². The van der Waals surface area contributed by atoms with Gasteiger partial charge in [-0.3, -0.25) is 4.79 Å². The Balaban J connectivity index is 1.67. The van der Waals surface area contributed by atoms with Crippen molar-refractivity contribution in [3.05, 3.63) is 41.3 Å². The summed E-state index contributed by atoms with van der Waals surface area (Å²) in [6.07, 6.45) is 1.65. The van der Waals surface area contributed by atoms with E-state index in [1.54, 1.807) is 6.07 Å². The first-order chi connectivity index (χ1) is 12.0. The Morgan fingerprint density at radius 1 is 1.16 bits per heavy atom. The molecule has 2 aromatic rings. The largest absolute Gasteiger partial charge is 0.490 e. The maximum Gasteiger partial charge on any atom is 0.290 e. The van der Waals surface area contributed by atoms with Gasteiger partial charge in [-0.05, 0) is 37.0 Å². The average Bonchev–Trinajstić information content (AvgIpc) is 2.90. The molecule has 0 spiro atoms. The van der Waals surface area contributed by atoms with Gasteiger partial charge in [-0.1, -0.05) is 25.1 Å². The highest BCUT2D eigenvalue weighted by atomic mass is 16.5. The van der Waals surface area contributed by atoms with Gasteiger partial charge in [0.25, 0.3) is 5.91 Å². The molecule has 2 heterocycles. The van der Waals surface area contributed by atoms with Crippen LogP contribution in [0.1, 0.15) is 55.0 Å². The Bertz CT molecular complexity index is 739. The number of hydrogen-bond donors (Lipinski definition) is 1.